The molecule has 0 aliphatic heterocycles. The highest BCUT2D eigenvalue weighted by molar-refractivity contribution is 5.73. The molecule has 0 saturated heterocycles. The lowest BCUT2D eigenvalue weighted by atomic mass is 10.2. The minimum absolute atomic E-state index is 0.296. The van der Waals surface area contributed by atoms with E-state index in [1.807, 2.05) is 13.8 Å². The predicted octanol–water partition coefficient (Wildman–Crippen LogP) is 0.975. The third kappa shape index (κ3) is 3.62. The van der Waals surface area contributed by atoms with Crippen LogP contribution in [0.4, 0.5) is 0 Å². The molecular formula is C10H17N3O3. The summed E-state index contributed by atoms with van der Waals surface area (Å²) in [6.45, 7) is 4.17. The van der Waals surface area contributed by atoms with Crippen LogP contribution in [0.3, 0.4) is 0 Å². The van der Waals surface area contributed by atoms with Crippen LogP contribution >= 0.6 is 0 Å². The van der Waals surface area contributed by atoms with Gasteiger partial charge >= 0.3 is 5.97 Å². The van der Waals surface area contributed by atoms with Gasteiger partial charge in [-0.15, -0.1) is 0 Å². The van der Waals surface area contributed by atoms with E-state index < -0.39 is 12.0 Å². The number of nitrogens with zero attached hydrogens (tertiary/aromatic N) is 2. The van der Waals surface area contributed by atoms with Gasteiger partial charge in [-0.1, -0.05) is 25.4 Å². The molecule has 6 nitrogen and oxygen atoms in total. The standard InChI is InChI=1S/C10H17N3O3/c1-3-5-7(10(14)15)11-6-9-12-8(4-2)13-16-9/h7,11H,3-6H2,1-2H3,(H,14,15). The molecule has 1 aromatic heterocycles. The fraction of sp³-hybridized carbons (Fsp3) is 0.700. The first-order chi connectivity index (χ1) is 7.67. The zero-order valence-corrected chi connectivity index (χ0v) is 9.56. The van der Waals surface area contributed by atoms with Crippen LogP contribution in [0.25, 0.3) is 0 Å². The quantitative estimate of drug-likeness (QED) is 0.721. The molecule has 0 amide bonds. The smallest absolute Gasteiger partial charge is 0.320 e. The molecule has 0 saturated carbocycles. The summed E-state index contributed by atoms with van der Waals surface area (Å²) < 4.78 is 4.95. The van der Waals surface area contributed by atoms with Crippen molar-refractivity contribution in [3.63, 3.8) is 0 Å². The Kier molecular flexibility index (Phi) is 4.91. The summed E-state index contributed by atoms with van der Waals surface area (Å²) in [6, 6.07) is -0.554. The number of carbonyl (C=O) groups is 1. The summed E-state index contributed by atoms with van der Waals surface area (Å²) in [6.07, 6.45) is 2.11. The zero-order chi connectivity index (χ0) is 12.0. The summed E-state index contributed by atoms with van der Waals surface area (Å²) in [5, 5.41) is 15.5. The minimum atomic E-state index is -0.850. The van der Waals surface area contributed by atoms with Gasteiger partial charge < -0.3 is 9.63 Å². The van der Waals surface area contributed by atoms with E-state index in [0.29, 0.717) is 31.1 Å². The summed E-state index contributed by atoms with van der Waals surface area (Å²) >= 11 is 0. The second-order valence-corrected chi connectivity index (χ2v) is 3.52. The maximum atomic E-state index is 10.8. The average molecular weight is 227 g/mol. The molecule has 0 aliphatic rings. The van der Waals surface area contributed by atoms with Gasteiger partial charge in [-0.2, -0.15) is 4.98 Å². The molecule has 0 spiro atoms. The van der Waals surface area contributed by atoms with Gasteiger partial charge in [-0.3, -0.25) is 10.1 Å². The van der Waals surface area contributed by atoms with Crippen LogP contribution in [-0.2, 0) is 17.8 Å². The monoisotopic (exact) mass is 227 g/mol. The number of carboxylic acid groups (broad SMARTS) is 1. The molecule has 2 N–H and O–H groups in total. The van der Waals surface area contributed by atoms with Crippen molar-refractivity contribution in [2.24, 2.45) is 0 Å². The third-order valence-electron chi connectivity index (χ3n) is 2.20. The van der Waals surface area contributed by atoms with E-state index in [0.717, 1.165) is 6.42 Å². The minimum Gasteiger partial charge on any atom is -0.480 e. The van der Waals surface area contributed by atoms with Crippen LogP contribution in [0.1, 0.15) is 38.4 Å². The van der Waals surface area contributed by atoms with Crippen molar-refractivity contribution in [3.05, 3.63) is 11.7 Å². The van der Waals surface area contributed by atoms with E-state index in [1.165, 1.54) is 0 Å². The van der Waals surface area contributed by atoms with Gasteiger partial charge in [0.2, 0.25) is 5.89 Å². The van der Waals surface area contributed by atoms with E-state index in [9.17, 15) is 4.79 Å². The topological polar surface area (TPSA) is 88.3 Å². The summed E-state index contributed by atoms with van der Waals surface area (Å²) in [7, 11) is 0. The molecular weight excluding hydrogens is 210 g/mol. The van der Waals surface area contributed by atoms with Crippen molar-refractivity contribution in [1.29, 1.82) is 0 Å². The molecule has 1 atom stereocenters. The van der Waals surface area contributed by atoms with Crippen LogP contribution in [0.15, 0.2) is 4.52 Å². The molecule has 90 valence electrons. The number of hydrogen-bond acceptors (Lipinski definition) is 5. The van der Waals surface area contributed by atoms with Crippen molar-refractivity contribution >= 4 is 5.97 Å². The van der Waals surface area contributed by atoms with Crippen LogP contribution in [0.2, 0.25) is 0 Å². The SMILES string of the molecule is CCCC(NCc1nc(CC)no1)C(=O)O. The second kappa shape index (κ2) is 6.22. The van der Waals surface area contributed by atoms with E-state index in [2.05, 4.69) is 15.5 Å². The van der Waals surface area contributed by atoms with Gasteiger partial charge in [0.1, 0.15) is 6.04 Å². The van der Waals surface area contributed by atoms with Crippen molar-refractivity contribution in [2.45, 2.75) is 45.7 Å². The van der Waals surface area contributed by atoms with Crippen LogP contribution in [-0.4, -0.2) is 27.3 Å². The van der Waals surface area contributed by atoms with Crippen LogP contribution < -0.4 is 5.32 Å². The van der Waals surface area contributed by atoms with Gasteiger partial charge in [0.15, 0.2) is 5.82 Å². The molecule has 16 heavy (non-hydrogen) atoms. The average Bonchev–Trinajstić information content (AvgIpc) is 2.71. The zero-order valence-electron chi connectivity index (χ0n) is 9.56. The highest BCUT2D eigenvalue weighted by Crippen LogP contribution is 2.01. The number of nitrogens with one attached hydrogen (secondary N) is 1. The highest BCUT2D eigenvalue weighted by Gasteiger charge is 2.16. The van der Waals surface area contributed by atoms with Gasteiger partial charge in [-0.05, 0) is 6.42 Å². The van der Waals surface area contributed by atoms with Crippen molar-refractivity contribution in [2.75, 3.05) is 0 Å². The molecule has 0 bridgehead atoms. The Bertz CT molecular complexity index is 338. The molecule has 0 radical (unpaired) electrons. The lowest BCUT2D eigenvalue weighted by Crippen LogP contribution is -2.36. The van der Waals surface area contributed by atoms with Crippen molar-refractivity contribution in [1.82, 2.24) is 15.5 Å². The maximum Gasteiger partial charge on any atom is 0.320 e. The maximum absolute atomic E-state index is 10.8. The lowest BCUT2D eigenvalue weighted by molar-refractivity contribution is -0.139. The molecule has 0 aliphatic carbocycles. The Balaban J connectivity index is 2.45. The third-order valence-corrected chi connectivity index (χ3v) is 2.20. The normalized spacial score (nSPS) is 12.6. The Morgan fingerprint density at radius 2 is 2.31 bits per heavy atom. The first-order valence-electron chi connectivity index (χ1n) is 5.45. The van der Waals surface area contributed by atoms with E-state index in [-0.39, 0.29) is 0 Å². The largest absolute Gasteiger partial charge is 0.480 e. The number of aryl methyl sites for hydroxylation is 1. The first kappa shape index (κ1) is 12.6. The Hall–Kier alpha value is -1.43. The fourth-order valence-corrected chi connectivity index (χ4v) is 1.32. The van der Waals surface area contributed by atoms with Gasteiger partial charge in [0.25, 0.3) is 0 Å². The lowest BCUT2D eigenvalue weighted by Gasteiger charge is -2.10. The molecule has 0 fully saturated rings. The van der Waals surface area contributed by atoms with E-state index in [1.54, 1.807) is 0 Å². The molecule has 1 unspecified atom stereocenters. The van der Waals surface area contributed by atoms with Gasteiger partial charge in [-0.25, -0.2) is 0 Å². The first-order valence-corrected chi connectivity index (χ1v) is 5.45. The molecule has 1 aromatic rings. The van der Waals surface area contributed by atoms with Crippen molar-refractivity contribution < 1.29 is 14.4 Å². The van der Waals surface area contributed by atoms with Crippen LogP contribution in [0.5, 0.6) is 0 Å². The van der Waals surface area contributed by atoms with Crippen molar-refractivity contribution in [3.8, 4) is 0 Å². The molecule has 1 rings (SSSR count). The van der Waals surface area contributed by atoms with Gasteiger partial charge in [0.05, 0.1) is 6.54 Å². The Morgan fingerprint density at radius 3 is 2.81 bits per heavy atom. The van der Waals surface area contributed by atoms with Gasteiger partial charge in [0, 0.05) is 6.42 Å². The number of carboxylic acids is 1. The second-order valence-electron chi connectivity index (χ2n) is 3.52. The fourth-order valence-electron chi connectivity index (χ4n) is 1.32. The van der Waals surface area contributed by atoms with E-state index in [4.69, 9.17) is 9.63 Å². The number of rotatable bonds is 7. The molecule has 0 aromatic carbocycles. The van der Waals surface area contributed by atoms with E-state index >= 15 is 0 Å². The molecule has 1 heterocycles. The Morgan fingerprint density at radius 1 is 1.56 bits per heavy atom. The summed E-state index contributed by atoms with van der Waals surface area (Å²) in [4.78, 5) is 14.9. The number of aromatic nitrogens is 2. The Labute approximate surface area is 94.0 Å². The van der Waals surface area contributed by atoms with Crippen LogP contribution in [0, 0.1) is 0 Å². The number of aliphatic carboxylic acids is 1. The summed E-state index contributed by atoms with van der Waals surface area (Å²) in [5.74, 6) is 0.218. The predicted molar refractivity (Wildman–Crippen MR) is 56.8 cm³/mol. The summed E-state index contributed by atoms with van der Waals surface area (Å²) in [5.41, 5.74) is 0. The highest BCUT2D eigenvalue weighted by atomic mass is 16.5. The molecule has 6 heteroatoms. The number of hydrogen-bond donors (Lipinski definition) is 2.